The molecule has 0 atom stereocenters. The number of carbonyl (C=O) groups is 1. The minimum absolute atomic E-state index is 0.145. The van der Waals surface area contributed by atoms with Gasteiger partial charge in [0.05, 0.1) is 18.1 Å². The predicted octanol–water partition coefficient (Wildman–Crippen LogP) is 2.84. The van der Waals surface area contributed by atoms with Crippen LogP contribution < -0.4 is 4.90 Å². The number of amides is 1. The average Bonchev–Trinajstić information content (AvgIpc) is 3.09. The standard InChI is InChI=1S/C16H16ClN5O/c1-11-7-13(20(2)9-11)16(23)21(3)14-10-22(19-15(14)17)12-5-4-6-18-8-12/h4-10H,1-3H3. The van der Waals surface area contributed by atoms with E-state index in [1.807, 2.05) is 38.4 Å². The molecule has 3 aromatic rings. The number of rotatable bonds is 3. The van der Waals surface area contributed by atoms with Gasteiger partial charge in [-0.25, -0.2) is 4.68 Å². The number of halogens is 1. The molecule has 0 bridgehead atoms. The minimum atomic E-state index is -0.145. The van der Waals surface area contributed by atoms with Gasteiger partial charge in [-0.2, -0.15) is 5.10 Å². The Balaban J connectivity index is 1.94. The zero-order valence-electron chi connectivity index (χ0n) is 13.1. The highest BCUT2D eigenvalue weighted by atomic mass is 35.5. The number of aromatic nitrogens is 4. The highest BCUT2D eigenvalue weighted by molar-refractivity contribution is 6.32. The van der Waals surface area contributed by atoms with Gasteiger partial charge in [-0.1, -0.05) is 11.6 Å². The van der Waals surface area contributed by atoms with Crippen molar-refractivity contribution in [2.45, 2.75) is 6.92 Å². The Kier molecular flexibility index (Phi) is 3.92. The lowest BCUT2D eigenvalue weighted by atomic mass is 10.3. The smallest absolute Gasteiger partial charge is 0.274 e. The van der Waals surface area contributed by atoms with Crippen LogP contribution in [-0.4, -0.2) is 32.3 Å². The summed E-state index contributed by atoms with van der Waals surface area (Å²) in [6, 6.07) is 5.52. The number of aryl methyl sites for hydroxylation is 2. The van der Waals surface area contributed by atoms with Crippen molar-refractivity contribution in [3.63, 3.8) is 0 Å². The van der Waals surface area contributed by atoms with Crippen LogP contribution >= 0.6 is 11.6 Å². The van der Waals surface area contributed by atoms with Crippen molar-refractivity contribution in [1.29, 1.82) is 0 Å². The third-order valence-corrected chi connectivity index (χ3v) is 3.86. The normalized spacial score (nSPS) is 10.8. The first-order chi connectivity index (χ1) is 11.0. The number of carbonyl (C=O) groups excluding carboxylic acids is 1. The van der Waals surface area contributed by atoms with Crippen molar-refractivity contribution >= 4 is 23.2 Å². The summed E-state index contributed by atoms with van der Waals surface area (Å²) in [4.78, 5) is 18.2. The summed E-state index contributed by atoms with van der Waals surface area (Å²) >= 11 is 6.21. The molecular weight excluding hydrogens is 314 g/mol. The van der Waals surface area contributed by atoms with Crippen molar-refractivity contribution in [3.05, 3.63) is 59.4 Å². The molecule has 0 fully saturated rings. The maximum Gasteiger partial charge on any atom is 0.274 e. The van der Waals surface area contributed by atoms with Crippen LogP contribution in [0.3, 0.4) is 0 Å². The molecule has 0 saturated carbocycles. The number of hydrogen-bond donors (Lipinski definition) is 0. The second-order valence-corrected chi connectivity index (χ2v) is 5.70. The van der Waals surface area contributed by atoms with E-state index in [2.05, 4.69) is 10.1 Å². The lowest BCUT2D eigenvalue weighted by Crippen LogP contribution is -2.27. The SMILES string of the molecule is Cc1cc(C(=O)N(C)c2cn(-c3cccnc3)nc2Cl)n(C)c1. The first-order valence-corrected chi connectivity index (χ1v) is 7.42. The van der Waals surface area contributed by atoms with Gasteiger partial charge >= 0.3 is 0 Å². The van der Waals surface area contributed by atoms with Crippen LogP contribution in [0.5, 0.6) is 0 Å². The van der Waals surface area contributed by atoms with Gasteiger partial charge in [0.1, 0.15) is 11.4 Å². The van der Waals surface area contributed by atoms with E-state index in [0.717, 1.165) is 11.3 Å². The Bertz CT molecular complexity index is 853. The second-order valence-electron chi connectivity index (χ2n) is 5.34. The largest absolute Gasteiger partial charge is 0.346 e. The third kappa shape index (κ3) is 2.85. The lowest BCUT2D eigenvalue weighted by molar-refractivity contribution is 0.0985. The Morgan fingerprint density at radius 1 is 1.35 bits per heavy atom. The Morgan fingerprint density at radius 2 is 2.13 bits per heavy atom. The molecule has 0 aliphatic heterocycles. The fourth-order valence-corrected chi connectivity index (χ4v) is 2.67. The molecule has 0 unspecified atom stereocenters. The van der Waals surface area contributed by atoms with E-state index in [9.17, 15) is 4.79 Å². The van der Waals surface area contributed by atoms with Gasteiger partial charge in [-0.15, -0.1) is 0 Å². The minimum Gasteiger partial charge on any atom is -0.346 e. The molecule has 6 nitrogen and oxygen atoms in total. The van der Waals surface area contributed by atoms with E-state index in [1.54, 1.807) is 34.9 Å². The van der Waals surface area contributed by atoms with E-state index in [-0.39, 0.29) is 11.1 Å². The highest BCUT2D eigenvalue weighted by Gasteiger charge is 2.21. The van der Waals surface area contributed by atoms with Crippen LogP contribution in [0.15, 0.2) is 43.0 Å². The van der Waals surface area contributed by atoms with Gasteiger partial charge in [0.25, 0.3) is 5.91 Å². The first-order valence-electron chi connectivity index (χ1n) is 7.04. The number of hydrogen-bond acceptors (Lipinski definition) is 3. The molecule has 3 rings (SSSR count). The molecular formula is C16H16ClN5O. The Labute approximate surface area is 138 Å². The summed E-state index contributed by atoms with van der Waals surface area (Å²) in [6.45, 7) is 1.95. The van der Waals surface area contributed by atoms with Crippen LogP contribution in [-0.2, 0) is 7.05 Å². The maximum absolute atomic E-state index is 12.7. The molecule has 1 amide bonds. The van der Waals surface area contributed by atoms with Gasteiger partial charge < -0.3 is 9.47 Å². The fraction of sp³-hybridized carbons (Fsp3) is 0.188. The van der Waals surface area contributed by atoms with Gasteiger partial charge in [0, 0.05) is 26.5 Å². The molecule has 23 heavy (non-hydrogen) atoms. The number of pyridine rings is 1. The molecule has 0 aliphatic rings. The van der Waals surface area contributed by atoms with Gasteiger partial charge in [0.15, 0.2) is 5.15 Å². The quantitative estimate of drug-likeness (QED) is 0.742. The summed E-state index contributed by atoms with van der Waals surface area (Å²) in [5, 5.41) is 4.51. The summed E-state index contributed by atoms with van der Waals surface area (Å²) in [5.74, 6) is -0.145. The third-order valence-electron chi connectivity index (χ3n) is 3.59. The van der Waals surface area contributed by atoms with Crippen molar-refractivity contribution in [3.8, 4) is 5.69 Å². The second kappa shape index (κ2) is 5.89. The zero-order chi connectivity index (χ0) is 16.6. The predicted molar refractivity (Wildman–Crippen MR) is 89.3 cm³/mol. The van der Waals surface area contributed by atoms with Crippen LogP contribution in [0, 0.1) is 6.92 Å². The van der Waals surface area contributed by atoms with Crippen molar-refractivity contribution < 1.29 is 4.79 Å². The summed E-state index contributed by atoms with van der Waals surface area (Å²) in [6.07, 6.45) is 6.98. The molecule has 118 valence electrons. The van der Waals surface area contributed by atoms with Crippen molar-refractivity contribution in [2.24, 2.45) is 7.05 Å². The zero-order valence-corrected chi connectivity index (χ0v) is 13.8. The Hall–Kier alpha value is -2.60. The molecule has 3 heterocycles. The molecule has 0 radical (unpaired) electrons. The van der Waals surface area contributed by atoms with E-state index in [1.165, 1.54) is 4.90 Å². The van der Waals surface area contributed by atoms with Crippen LogP contribution in [0.1, 0.15) is 16.1 Å². The number of nitrogens with zero attached hydrogens (tertiary/aromatic N) is 5. The van der Waals surface area contributed by atoms with E-state index in [4.69, 9.17) is 11.6 Å². The van der Waals surface area contributed by atoms with Crippen LogP contribution in [0.2, 0.25) is 5.15 Å². The molecule has 0 saturated heterocycles. The number of anilines is 1. The van der Waals surface area contributed by atoms with Crippen LogP contribution in [0.4, 0.5) is 5.69 Å². The Morgan fingerprint density at radius 3 is 2.74 bits per heavy atom. The highest BCUT2D eigenvalue weighted by Crippen LogP contribution is 2.26. The molecule has 0 N–H and O–H groups in total. The van der Waals surface area contributed by atoms with E-state index < -0.39 is 0 Å². The van der Waals surface area contributed by atoms with Crippen molar-refractivity contribution in [2.75, 3.05) is 11.9 Å². The maximum atomic E-state index is 12.7. The summed E-state index contributed by atoms with van der Waals surface area (Å²) in [5.41, 5.74) is 2.94. The summed E-state index contributed by atoms with van der Waals surface area (Å²) in [7, 11) is 3.52. The average molecular weight is 330 g/mol. The van der Waals surface area contributed by atoms with Gasteiger partial charge in [-0.05, 0) is 30.7 Å². The molecule has 0 aliphatic carbocycles. The molecule has 7 heteroatoms. The fourth-order valence-electron chi connectivity index (χ4n) is 2.41. The molecule has 0 spiro atoms. The monoisotopic (exact) mass is 329 g/mol. The first kappa shape index (κ1) is 15.3. The molecule has 3 aromatic heterocycles. The van der Waals surface area contributed by atoms with Gasteiger partial charge in [-0.3, -0.25) is 9.78 Å². The van der Waals surface area contributed by atoms with Crippen molar-refractivity contribution in [1.82, 2.24) is 19.3 Å². The summed E-state index contributed by atoms with van der Waals surface area (Å²) < 4.78 is 3.40. The topological polar surface area (TPSA) is 56.0 Å². The van der Waals surface area contributed by atoms with E-state index in [0.29, 0.717) is 11.4 Å². The van der Waals surface area contributed by atoms with Gasteiger partial charge in [0.2, 0.25) is 0 Å². The molecule has 0 aromatic carbocycles. The van der Waals surface area contributed by atoms with Crippen LogP contribution in [0.25, 0.3) is 5.69 Å². The lowest BCUT2D eigenvalue weighted by Gasteiger charge is -2.15. The van der Waals surface area contributed by atoms with E-state index >= 15 is 0 Å².